The van der Waals surface area contributed by atoms with Crippen molar-refractivity contribution in [2.75, 3.05) is 56.7 Å². The molecular weight excluding hydrogens is 428 g/mol. The fraction of sp³-hybridized carbons (Fsp3) is 0.577. The van der Waals surface area contributed by atoms with Gasteiger partial charge in [0.1, 0.15) is 0 Å². The maximum absolute atomic E-state index is 13.2. The van der Waals surface area contributed by atoms with Crippen LogP contribution in [0.25, 0.3) is 0 Å². The monoisotopic (exact) mass is 464 g/mol. The van der Waals surface area contributed by atoms with Gasteiger partial charge in [-0.2, -0.15) is 0 Å². The Morgan fingerprint density at radius 3 is 2.18 bits per heavy atom. The van der Waals surface area contributed by atoms with E-state index in [1.54, 1.807) is 0 Å². The van der Waals surface area contributed by atoms with Crippen LogP contribution >= 0.6 is 0 Å². The van der Waals surface area contributed by atoms with Gasteiger partial charge in [0, 0.05) is 18.6 Å². The van der Waals surface area contributed by atoms with Crippen LogP contribution in [0.15, 0.2) is 30.3 Å². The Kier molecular flexibility index (Phi) is 5.98. The quantitative estimate of drug-likeness (QED) is 0.749. The first-order valence-electron chi connectivity index (χ1n) is 12.3. The minimum Gasteiger partial charge on any atom is -0.378 e. The summed E-state index contributed by atoms with van der Waals surface area (Å²) in [6, 6.07) is 10.7. The number of rotatable bonds is 4. The minimum atomic E-state index is -0.215. The fourth-order valence-electron chi connectivity index (χ4n) is 6.04. The van der Waals surface area contributed by atoms with Gasteiger partial charge >= 0.3 is 6.03 Å². The molecule has 3 heterocycles. The highest BCUT2D eigenvalue weighted by molar-refractivity contribution is 5.96. The van der Waals surface area contributed by atoms with Crippen molar-refractivity contribution in [1.29, 1.82) is 0 Å². The summed E-state index contributed by atoms with van der Waals surface area (Å²) in [4.78, 5) is 29.2. The zero-order chi connectivity index (χ0) is 23.9. The van der Waals surface area contributed by atoms with Gasteiger partial charge in [-0.05, 0) is 59.2 Å². The third kappa shape index (κ3) is 3.92. The Bertz CT molecular complexity index is 1020. The van der Waals surface area contributed by atoms with E-state index in [2.05, 4.69) is 59.5 Å². The molecule has 8 nitrogen and oxygen atoms in total. The first kappa shape index (κ1) is 23.1. The molecule has 0 unspecified atom stereocenters. The molecule has 34 heavy (non-hydrogen) atoms. The number of amides is 2. The van der Waals surface area contributed by atoms with Gasteiger partial charge in [0.15, 0.2) is 0 Å². The molecule has 1 saturated carbocycles. The molecule has 1 aromatic heterocycles. The van der Waals surface area contributed by atoms with Crippen LogP contribution in [-0.4, -0.2) is 73.4 Å². The van der Waals surface area contributed by atoms with Gasteiger partial charge in [-0.1, -0.05) is 30.3 Å². The predicted molar refractivity (Wildman–Crippen MR) is 133 cm³/mol. The fourth-order valence-corrected chi connectivity index (χ4v) is 6.04. The molecule has 5 rings (SSSR count). The molecule has 1 aliphatic carbocycles. The molecule has 1 spiro atoms. The molecule has 3 aliphatic rings. The van der Waals surface area contributed by atoms with Crippen molar-refractivity contribution < 1.29 is 9.53 Å². The second-order valence-corrected chi connectivity index (χ2v) is 10.2. The van der Waals surface area contributed by atoms with Gasteiger partial charge in [0.25, 0.3) is 0 Å². The Labute approximate surface area is 202 Å². The molecule has 2 saturated heterocycles. The molecular formula is C26H36N6O2. The molecule has 8 heteroatoms. The second kappa shape index (κ2) is 8.82. The van der Waals surface area contributed by atoms with Crippen LogP contribution in [0.5, 0.6) is 0 Å². The Balaban J connectivity index is 1.36. The lowest BCUT2D eigenvalue weighted by molar-refractivity contribution is 0.0658. The molecule has 2 aromatic rings. The molecule has 0 bridgehead atoms. The zero-order valence-electron chi connectivity index (χ0n) is 20.8. The van der Waals surface area contributed by atoms with E-state index in [0.717, 1.165) is 61.8 Å². The highest BCUT2D eigenvalue weighted by atomic mass is 16.5. The van der Waals surface area contributed by atoms with E-state index in [9.17, 15) is 4.79 Å². The number of hydrogen-bond donors (Lipinski definition) is 1. The van der Waals surface area contributed by atoms with E-state index < -0.39 is 0 Å². The van der Waals surface area contributed by atoms with E-state index in [1.807, 2.05) is 18.7 Å². The van der Waals surface area contributed by atoms with Crippen molar-refractivity contribution in [1.82, 2.24) is 20.2 Å². The van der Waals surface area contributed by atoms with Crippen LogP contribution < -0.4 is 15.1 Å². The maximum Gasteiger partial charge on any atom is 0.322 e. The van der Waals surface area contributed by atoms with Crippen LogP contribution in [0, 0.1) is 13.8 Å². The third-order valence-electron chi connectivity index (χ3n) is 8.06. The normalized spacial score (nSPS) is 27.5. The minimum absolute atomic E-state index is 0.000588. The Hall–Kier alpha value is -2.71. The number of ether oxygens (including phenoxy) is 1. The summed E-state index contributed by atoms with van der Waals surface area (Å²) in [5, 5.41) is 3.36. The molecule has 2 aliphatic heterocycles. The number of hydrogen-bond acceptors (Lipinski definition) is 6. The van der Waals surface area contributed by atoms with Crippen molar-refractivity contribution in [3.63, 3.8) is 0 Å². The molecule has 182 valence electrons. The summed E-state index contributed by atoms with van der Waals surface area (Å²) in [6.45, 7) is 7.60. The van der Waals surface area contributed by atoms with E-state index >= 15 is 0 Å². The van der Waals surface area contributed by atoms with Gasteiger partial charge in [-0.3, -0.25) is 9.80 Å². The van der Waals surface area contributed by atoms with Crippen molar-refractivity contribution in [3.05, 3.63) is 47.3 Å². The average Bonchev–Trinajstić information content (AvgIpc) is 3.15. The van der Waals surface area contributed by atoms with Gasteiger partial charge in [-0.25, -0.2) is 14.8 Å². The van der Waals surface area contributed by atoms with E-state index in [1.165, 1.54) is 5.56 Å². The number of aryl methyl sites for hydroxylation is 2. The maximum atomic E-state index is 13.2. The SMILES string of the molecule is Cc1nc(N2CCOCC2)nc(C)c1N1CC2(CCC(c3ccccc3)(N(C)C)CC2)NC1=O. The van der Waals surface area contributed by atoms with Crippen molar-refractivity contribution in [2.24, 2.45) is 0 Å². The van der Waals surface area contributed by atoms with Gasteiger partial charge < -0.3 is 15.0 Å². The topological polar surface area (TPSA) is 73.8 Å². The standard InChI is InChI=1S/C26H36N6O2/c1-19-22(20(2)28-23(27-19)31-14-16-34-17-15-31)32-18-25(29-24(32)33)10-12-26(13-11-25,30(3)4)21-8-6-5-7-9-21/h5-9H,10-18H2,1-4H3,(H,29,33). The molecule has 1 N–H and O–H groups in total. The highest BCUT2D eigenvalue weighted by Crippen LogP contribution is 2.46. The van der Waals surface area contributed by atoms with E-state index in [4.69, 9.17) is 14.7 Å². The predicted octanol–water partition coefficient (Wildman–Crippen LogP) is 3.23. The number of urea groups is 1. The third-order valence-corrected chi connectivity index (χ3v) is 8.06. The largest absolute Gasteiger partial charge is 0.378 e. The summed E-state index contributed by atoms with van der Waals surface area (Å²) in [5.41, 5.74) is 3.69. The van der Waals surface area contributed by atoms with E-state index in [0.29, 0.717) is 19.8 Å². The lowest BCUT2D eigenvalue weighted by Gasteiger charge is -2.48. The van der Waals surface area contributed by atoms with Crippen molar-refractivity contribution in [3.8, 4) is 0 Å². The summed E-state index contributed by atoms with van der Waals surface area (Å²) in [5.74, 6) is 0.729. The number of benzene rings is 1. The molecule has 1 aromatic carbocycles. The van der Waals surface area contributed by atoms with Crippen molar-refractivity contribution >= 4 is 17.7 Å². The Morgan fingerprint density at radius 1 is 0.971 bits per heavy atom. The van der Waals surface area contributed by atoms with Crippen LogP contribution in [0.1, 0.15) is 42.6 Å². The lowest BCUT2D eigenvalue weighted by Crippen LogP contribution is -2.54. The molecule has 2 amide bonds. The molecule has 0 radical (unpaired) electrons. The van der Waals surface area contributed by atoms with Crippen molar-refractivity contribution in [2.45, 2.75) is 50.6 Å². The summed E-state index contributed by atoms with van der Waals surface area (Å²) in [7, 11) is 4.34. The number of nitrogens with zero attached hydrogens (tertiary/aromatic N) is 5. The second-order valence-electron chi connectivity index (χ2n) is 10.2. The van der Waals surface area contributed by atoms with Gasteiger partial charge in [0.05, 0.1) is 42.4 Å². The van der Waals surface area contributed by atoms with Gasteiger partial charge in [0.2, 0.25) is 5.95 Å². The number of morpholine rings is 1. The lowest BCUT2D eigenvalue weighted by atomic mass is 9.69. The summed E-state index contributed by atoms with van der Waals surface area (Å²) < 4.78 is 5.46. The number of carbonyl (C=O) groups excluding carboxylic acids is 1. The molecule has 0 atom stereocenters. The Morgan fingerprint density at radius 2 is 1.59 bits per heavy atom. The number of carbonyl (C=O) groups is 1. The average molecular weight is 465 g/mol. The smallest absolute Gasteiger partial charge is 0.322 e. The number of anilines is 2. The van der Waals surface area contributed by atoms with Gasteiger partial charge in [-0.15, -0.1) is 0 Å². The first-order chi connectivity index (χ1) is 16.3. The van der Waals surface area contributed by atoms with E-state index in [-0.39, 0.29) is 17.1 Å². The van der Waals surface area contributed by atoms with Crippen LogP contribution in [0.2, 0.25) is 0 Å². The van der Waals surface area contributed by atoms with Crippen LogP contribution in [0.3, 0.4) is 0 Å². The van der Waals surface area contributed by atoms with Crippen LogP contribution in [0.4, 0.5) is 16.4 Å². The van der Waals surface area contributed by atoms with Crippen LogP contribution in [-0.2, 0) is 10.3 Å². The summed E-state index contributed by atoms with van der Waals surface area (Å²) >= 11 is 0. The molecule has 3 fully saturated rings. The highest BCUT2D eigenvalue weighted by Gasteiger charge is 2.50. The number of nitrogens with one attached hydrogen (secondary N) is 1. The summed E-state index contributed by atoms with van der Waals surface area (Å²) in [6.07, 6.45) is 3.88. The first-order valence-corrected chi connectivity index (χ1v) is 12.3. The zero-order valence-corrected chi connectivity index (χ0v) is 20.8. The number of aromatic nitrogens is 2.